The van der Waals surface area contributed by atoms with Crippen molar-refractivity contribution in [1.29, 1.82) is 0 Å². The second-order valence-corrected chi connectivity index (χ2v) is 5.37. The number of anilines is 3. The molecule has 3 rings (SSSR count). The van der Waals surface area contributed by atoms with E-state index in [1.54, 1.807) is 13.3 Å². The zero-order valence-corrected chi connectivity index (χ0v) is 13.8. The normalized spacial score (nSPS) is 10.2. The highest BCUT2D eigenvalue weighted by Crippen LogP contribution is 2.19. The molecular weight excluding hydrogens is 326 g/mol. The Morgan fingerprint density at radius 1 is 1.08 bits per heavy atom. The van der Waals surface area contributed by atoms with Gasteiger partial charge in [0.2, 0.25) is 5.95 Å². The second kappa shape index (κ2) is 7.61. The van der Waals surface area contributed by atoms with Crippen LogP contribution in [0.25, 0.3) is 0 Å². The smallest absolute Gasteiger partial charge is 0.244 e. The van der Waals surface area contributed by atoms with E-state index in [-0.39, 0.29) is 0 Å². The van der Waals surface area contributed by atoms with Crippen LogP contribution in [0.5, 0.6) is 5.75 Å². The van der Waals surface area contributed by atoms with Crippen LogP contribution in [0.3, 0.4) is 0 Å². The van der Waals surface area contributed by atoms with Gasteiger partial charge in [0.05, 0.1) is 13.3 Å². The molecule has 122 valence electrons. The number of hydrogen-bond acceptors (Lipinski definition) is 6. The summed E-state index contributed by atoms with van der Waals surface area (Å²) in [5.74, 6) is 1.81. The maximum Gasteiger partial charge on any atom is 0.244 e. The van der Waals surface area contributed by atoms with E-state index in [1.165, 1.54) is 0 Å². The van der Waals surface area contributed by atoms with Crippen LogP contribution in [-0.2, 0) is 6.54 Å². The lowest BCUT2D eigenvalue weighted by Crippen LogP contribution is -2.06. The Bertz CT molecular complexity index is 810. The van der Waals surface area contributed by atoms with Crippen LogP contribution in [0.15, 0.2) is 54.7 Å². The Hall–Kier alpha value is -2.86. The molecule has 0 bridgehead atoms. The van der Waals surface area contributed by atoms with E-state index >= 15 is 0 Å². The molecular formula is C17H16ClN5O. The molecule has 0 aliphatic carbocycles. The molecule has 7 heteroatoms. The number of methoxy groups -OCH3 is 1. The van der Waals surface area contributed by atoms with E-state index in [2.05, 4.69) is 25.8 Å². The molecule has 0 saturated heterocycles. The van der Waals surface area contributed by atoms with Gasteiger partial charge in [-0.2, -0.15) is 10.1 Å². The van der Waals surface area contributed by atoms with Crippen molar-refractivity contribution in [2.45, 2.75) is 6.54 Å². The Morgan fingerprint density at radius 3 is 2.62 bits per heavy atom. The second-order valence-electron chi connectivity index (χ2n) is 4.96. The third kappa shape index (κ3) is 4.11. The number of ether oxygens (including phenoxy) is 1. The monoisotopic (exact) mass is 341 g/mol. The minimum atomic E-state index is 0.424. The zero-order valence-electron chi connectivity index (χ0n) is 13.0. The molecule has 0 fully saturated rings. The van der Waals surface area contributed by atoms with E-state index in [9.17, 15) is 0 Å². The van der Waals surface area contributed by atoms with Crippen molar-refractivity contribution in [2.75, 3.05) is 17.7 Å². The molecule has 0 aliphatic rings. The molecule has 0 radical (unpaired) electrons. The Labute approximate surface area is 144 Å². The number of hydrogen-bond donors (Lipinski definition) is 2. The van der Waals surface area contributed by atoms with Crippen molar-refractivity contribution in [3.05, 3.63) is 65.3 Å². The molecule has 2 aromatic carbocycles. The molecule has 1 heterocycles. The van der Waals surface area contributed by atoms with Gasteiger partial charge >= 0.3 is 0 Å². The molecule has 1 aromatic heterocycles. The van der Waals surface area contributed by atoms with Gasteiger partial charge in [-0.1, -0.05) is 29.8 Å². The van der Waals surface area contributed by atoms with Crippen LogP contribution in [0.4, 0.5) is 17.5 Å². The van der Waals surface area contributed by atoms with Crippen molar-refractivity contribution in [3.63, 3.8) is 0 Å². The summed E-state index contributed by atoms with van der Waals surface area (Å²) in [5.41, 5.74) is 1.85. The van der Waals surface area contributed by atoms with E-state index < -0.39 is 0 Å². The van der Waals surface area contributed by atoms with Gasteiger partial charge in [-0.25, -0.2) is 0 Å². The van der Waals surface area contributed by atoms with E-state index in [1.807, 2.05) is 48.5 Å². The first-order chi connectivity index (χ1) is 11.7. The van der Waals surface area contributed by atoms with Crippen LogP contribution >= 0.6 is 11.6 Å². The molecule has 3 aromatic rings. The SMILES string of the molecule is COc1ccc(Nc2cnnc(NCc3ccccc3Cl)n2)cc1. The number of halogens is 1. The van der Waals surface area contributed by atoms with Crippen LogP contribution in [0, 0.1) is 0 Å². The predicted molar refractivity (Wildman–Crippen MR) is 94.9 cm³/mol. The van der Waals surface area contributed by atoms with Crippen molar-refractivity contribution in [2.24, 2.45) is 0 Å². The minimum absolute atomic E-state index is 0.424. The summed E-state index contributed by atoms with van der Waals surface area (Å²) in [6.07, 6.45) is 1.56. The Kier molecular flexibility index (Phi) is 5.08. The first-order valence-electron chi connectivity index (χ1n) is 7.32. The average Bonchev–Trinajstić information content (AvgIpc) is 2.62. The first-order valence-corrected chi connectivity index (χ1v) is 7.70. The van der Waals surface area contributed by atoms with Gasteiger partial charge in [-0.05, 0) is 35.9 Å². The summed E-state index contributed by atoms with van der Waals surface area (Å²) in [6.45, 7) is 0.521. The molecule has 6 nitrogen and oxygen atoms in total. The summed E-state index contributed by atoms with van der Waals surface area (Å²) < 4.78 is 5.14. The van der Waals surface area contributed by atoms with Gasteiger partial charge in [-0.15, -0.1) is 5.10 Å². The van der Waals surface area contributed by atoms with Gasteiger partial charge in [0, 0.05) is 17.3 Å². The van der Waals surface area contributed by atoms with Gasteiger partial charge in [0.1, 0.15) is 5.75 Å². The van der Waals surface area contributed by atoms with Crippen molar-refractivity contribution >= 4 is 29.1 Å². The summed E-state index contributed by atoms with van der Waals surface area (Å²) in [5, 5.41) is 14.9. The van der Waals surface area contributed by atoms with E-state index in [0.29, 0.717) is 23.3 Å². The third-order valence-electron chi connectivity index (χ3n) is 3.32. The lowest BCUT2D eigenvalue weighted by Gasteiger charge is -2.09. The standard InChI is InChI=1S/C17H16ClN5O/c1-24-14-8-6-13(7-9-14)21-16-11-20-23-17(22-16)19-10-12-4-2-3-5-15(12)18/h2-9,11H,10H2,1H3,(H2,19,21,22,23). The summed E-state index contributed by atoms with van der Waals surface area (Å²) in [7, 11) is 1.63. The molecule has 0 aliphatic heterocycles. The largest absolute Gasteiger partial charge is 0.497 e. The van der Waals surface area contributed by atoms with Crippen LogP contribution in [0.1, 0.15) is 5.56 Å². The lowest BCUT2D eigenvalue weighted by molar-refractivity contribution is 0.415. The van der Waals surface area contributed by atoms with Gasteiger partial charge in [-0.3, -0.25) is 0 Å². The van der Waals surface area contributed by atoms with Crippen molar-refractivity contribution < 1.29 is 4.74 Å². The van der Waals surface area contributed by atoms with E-state index in [0.717, 1.165) is 17.0 Å². The molecule has 0 atom stereocenters. The summed E-state index contributed by atoms with van der Waals surface area (Å²) in [6, 6.07) is 15.2. The summed E-state index contributed by atoms with van der Waals surface area (Å²) >= 11 is 6.13. The highest BCUT2D eigenvalue weighted by molar-refractivity contribution is 6.31. The number of nitrogens with one attached hydrogen (secondary N) is 2. The molecule has 0 saturated carbocycles. The molecule has 0 spiro atoms. The molecule has 0 unspecified atom stereocenters. The molecule has 2 N–H and O–H groups in total. The molecule has 0 amide bonds. The molecule has 24 heavy (non-hydrogen) atoms. The number of benzene rings is 2. The maximum atomic E-state index is 6.13. The fraction of sp³-hybridized carbons (Fsp3) is 0.118. The van der Waals surface area contributed by atoms with Crippen molar-refractivity contribution in [1.82, 2.24) is 15.2 Å². The quantitative estimate of drug-likeness (QED) is 0.708. The topological polar surface area (TPSA) is 72.0 Å². The predicted octanol–water partition coefficient (Wildman–Crippen LogP) is 3.89. The first kappa shape index (κ1) is 16.0. The van der Waals surface area contributed by atoms with Crippen LogP contribution in [-0.4, -0.2) is 22.3 Å². The van der Waals surface area contributed by atoms with E-state index in [4.69, 9.17) is 16.3 Å². The van der Waals surface area contributed by atoms with Gasteiger partial charge in [0.15, 0.2) is 5.82 Å². The van der Waals surface area contributed by atoms with Crippen LogP contribution in [0.2, 0.25) is 5.02 Å². The van der Waals surface area contributed by atoms with Gasteiger partial charge in [0.25, 0.3) is 0 Å². The fourth-order valence-corrected chi connectivity index (χ4v) is 2.28. The zero-order chi connectivity index (χ0) is 16.8. The van der Waals surface area contributed by atoms with Crippen molar-refractivity contribution in [3.8, 4) is 5.75 Å². The summed E-state index contributed by atoms with van der Waals surface area (Å²) in [4.78, 5) is 4.39. The Balaban J connectivity index is 1.66. The lowest BCUT2D eigenvalue weighted by atomic mass is 10.2. The van der Waals surface area contributed by atoms with Gasteiger partial charge < -0.3 is 15.4 Å². The minimum Gasteiger partial charge on any atom is -0.497 e. The highest BCUT2D eigenvalue weighted by Gasteiger charge is 2.03. The maximum absolute atomic E-state index is 6.13. The third-order valence-corrected chi connectivity index (χ3v) is 3.68. The number of nitrogens with zero attached hydrogens (tertiary/aromatic N) is 3. The fourth-order valence-electron chi connectivity index (χ4n) is 2.08. The number of rotatable bonds is 6. The average molecular weight is 342 g/mol. The number of aromatic nitrogens is 3. The Morgan fingerprint density at radius 2 is 1.88 bits per heavy atom. The van der Waals surface area contributed by atoms with Crippen LogP contribution < -0.4 is 15.4 Å². The highest BCUT2D eigenvalue weighted by atomic mass is 35.5.